The van der Waals surface area contributed by atoms with Gasteiger partial charge in [-0.1, -0.05) is 35.9 Å². The van der Waals surface area contributed by atoms with Gasteiger partial charge < -0.3 is 23.1 Å². The molecule has 0 saturated heterocycles. The molecule has 0 bridgehead atoms. The van der Waals surface area contributed by atoms with Crippen molar-refractivity contribution in [2.75, 3.05) is 28.4 Å². The zero-order valence-corrected chi connectivity index (χ0v) is 20.9. The number of para-hydroxylation sites is 1. The summed E-state index contributed by atoms with van der Waals surface area (Å²) in [6, 6.07) is 16.7. The second kappa shape index (κ2) is 11.3. The molecule has 3 aromatic rings. The third-order valence-corrected chi connectivity index (χ3v) is 6.62. The standard InChI is InChI=1S/C24H26ClNO7S/c1-29-19-11-9-17(23(13-19)31-3)15-26(16-18-10-12-20(30-2)14-24(18)32-4)34(27,28)33-22-8-6-5-7-21(22)25/h5-14H,15-16H2,1-4H3. The van der Waals surface area contributed by atoms with Crippen LogP contribution in [0.4, 0.5) is 0 Å². The van der Waals surface area contributed by atoms with Crippen LogP contribution in [0.5, 0.6) is 28.7 Å². The number of ether oxygens (including phenoxy) is 4. The first-order valence-electron chi connectivity index (χ1n) is 10.2. The van der Waals surface area contributed by atoms with Crippen LogP contribution in [-0.4, -0.2) is 41.2 Å². The van der Waals surface area contributed by atoms with Crippen molar-refractivity contribution in [2.45, 2.75) is 13.1 Å². The van der Waals surface area contributed by atoms with Crippen LogP contribution in [0.3, 0.4) is 0 Å². The van der Waals surface area contributed by atoms with Crippen molar-refractivity contribution < 1.29 is 31.5 Å². The van der Waals surface area contributed by atoms with Crippen molar-refractivity contribution in [3.63, 3.8) is 0 Å². The van der Waals surface area contributed by atoms with Crippen molar-refractivity contribution in [3.05, 3.63) is 76.8 Å². The van der Waals surface area contributed by atoms with Crippen molar-refractivity contribution in [1.29, 1.82) is 0 Å². The molecular weight excluding hydrogens is 482 g/mol. The maximum Gasteiger partial charge on any atom is 0.385 e. The molecule has 0 aliphatic carbocycles. The summed E-state index contributed by atoms with van der Waals surface area (Å²) >= 11 is 6.14. The number of hydrogen-bond acceptors (Lipinski definition) is 7. The van der Waals surface area contributed by atoms with E-state index in [0.29, 0.717) is 34.1 Å². The predicted molar refractivity (Wildman–Crippen MR) is 129 cm³/mol. The highest BCUT2D eigenvalue weighted by Gasteiger charge is 2.28. The van der Waals surface area contributed by atoms with Gasteiger partial charge in [0.05, 0.1) is 33.5 Å². The van der Waals surface area contributed by atoms with Gasteiger partial charge in [-0.15, -0.1) is 0 Å². The van der Waals surface area contributed by atoms with Gasteiger partial charge >= 0.3 is 10.3 Å². The highest BCUT2D eigenvalue weighted by atomic mass is 35.5. The van der Waals surface area contributed by atoms with Crippen molar-refractivity contribution in [2.24, 2.45) is 0 Å². The maximum absolute atomic E-state index is 13.4. The van der Waals surface area contributed by atoms with Crippen LogP contribution in [0.15, 0.2) is 60.7 Å². The summed E-state index contributed by atoms with van der Waals surface area (Å²) in [4.78, 5) is 0. The van der Waals surface area contributed by atoms with Crippen LogP contribution in [0.1, 0.15) is 11.1 Å². The normalized spacial score (nSPS) is 11.2. The molecule has 0 spiro atoms. The second-order valence-corrected chi connectivity index (χ2v) is 9.04. The van der Waals surface area contributed by atoms with E-state index in [0.717, 1.165) is 0 Å². The number of nitrogens with zero attached hydrogens (tertiary/aromatic N) is 1. The first-order valence-corrected chi connectivity index (χ1v) is 11.9. The Kier molecular flexibility index (Phi) is 8.49. The molecule has 34 heavy (non-hydrogen) atoms. The van der Waals surface area contributed by atoms with Crippen LogP contribution in [0.2, 0.25) is 5.02 Å². The quantitative estimate of drug-likeness (QED) is 0.372. The molecular formula is C24H26ClNO7S. The van der Waals surface area contributed by atoms with Gasteiger partial charge in [-0.25, -0.2) is 0 Å². The average Bonchev–Trinajstić information content (AvgIpc) is 2.85. The number of methoxy groups -OCH3 is 4. The zero-order valence-electron chi connectivity index (χ0n) is 19.3. The van der Waals surface area contributed by atoms with E-state index in [2.05, 4.69) is 0 Å². The Morgan fingerprint density at radius 1 is 0.706 bits per heavy atom. The van der Waals surface area contributed by atoms with E-state index >= 15 is 0 Å². The van der Waals surface area contributed by atoms with E-state index in [4.69, 9.17) is 34.7 Å². The topological polar surface area (TPSA) is 83.5 Å². The Labute approximate surface area is 204 Å². The summed E-state index contributed by atoms with van der Waals surface area (Å²) in [5.74, 6) is 2.13. The van der Waals surface area contributed by atoms with E-state index in [1.165, 1.54) is 24.6 Å². The van der Waals surface area contributed by atoms with Crippen LogP contribution >= 0.6 is 11.6 Å². The van der Waals surface area contributed by atoms with Gasteiger partial charge in [-0.05, 0) is 24.3 Å². The summed E-state index contributed by atoms with van der Waals surface area (Å²) in [5.41, 5.74) is 1.23. The highest BCUT2D eigenvalue weighted by Crippen LogP contribution is 2.32. The first kappa shape index (κ1) is 25.5. The van der Waals surface area contributed by atoms with Gasteiger partial charge in [-0.3, -0.25) is 0 Å². The number of rotatable bonds is 11. The largest absolute Gasteiger partial charge is 0.497 e. The first-order chi connectivity index (χ1) is 16.3. The Hall–Kier alpha value is -3.14. The molecule has 0 aliphatic rings. The summed E-state index contributed by atoms with van der Waals surface area (Å²) in [6.45, 7) is -0.0930. The molecule has 0 unspecified atom stereocenters. The molecule has 10 heteroatoms. The SMILES string of the molecule is COc1ccc(CN(Cc2ccc(OC)cc2OC)S(=O)(=O)Oc2ccccc2Cl)c(OC)c1. The highest BCUT2D eigenvalue weighted by molar-refractivity contribution is 7.84. The minimum absolute atomic E-state index is 0.0255. The Morgan fingerprint density at radius 2 is 1.21 bits per heavy atom. The predicted octanol–water partition coefficient (Wildman–Crippen LogP) is 4.70. The molecule has 3 aromatic carbocycles. The Bertz CT molecular complexity index is 1180. The molecule has 0 saturated carbocycles. The minimum Gasteiger partial charge on any atom is -0.497 e. The summed E-state index contributed by atoms with van der Waals surface area (Å²) < 4.78 is 54.8. The molecule has 0 fully saturated rings. The molecule has 0 N–H and O–H groups in total. The van der Waals surface area contributed by atoms with Gasteiger partial charge in [0.1, 0.15) is 23.0 Å². The van der Waals surface area contributed by atoms with Gasteiger partial charge in [0.25, 0.3) is 0 Å². The monoisotopic (exact) mass is 507 g/mol. The fourth-order valence-corrected chi connectivity index (χ4v) is 4.53. The number of hydrogen-bond donors (Lipinski definition) is 0. The Balaban J connectivity index is 2.02. The van der Waals surface area contributed by atoms with E-state index in [-0.39, 0.29) is 23.9 Å². The van der Waals surface area contributed by atoms with Crippen LogP contribution in [-0.2, 0) is 23.4 Å². The molecule has 0 aromatic heterocycles. The van der Waals surface area contributed by atoms with E-state index in [1.54, 1.807) is 68.8 Å². The van der Waals surface area contributed by atoms with Crippen LogP contribution in [0.25, 0.3) is 0 Å². The molecule has 0 aliphatic heterocycles. The third kappa shape index (κ3) is 6.05. The lowest BCUT2D eigenvalue weighted by atomic mass is 10.1. The lowest BCUT2D eigenvalue weighted by Crippen LogP contribution is -2.34. The van der Waals surface area contributed by atoms with Gasteiger partial charge in [0.2, 0.25) is 0 Å². The maximum atomic E-state index is 13.4. The number of benzene rings is 3. The molecule has 0 heterocycles. The smallest absolute Gasteiger partial charge is 0.385 e. The van der Waals surface area contributed by atoms with E-state index < -0.39 is 10.3 Å². The fourth-order valence-electron chi connectivity index (χ4n) is 3.24. The second-order valence-electron chi connectivity index (χ2n) is 7.10. The van der Waals surface area contributed by atoms with Crippen LogP contribution < -0.4 is 23.1 Å². The lowest BCUT2D eigenvalue weighted by Gasteiger charge is -2.24. The van der Waals surface area contributed by atoms with Crippen molar-refractivity contribution >= 4 is 21.9 Å². The van der Waals surface area contributed by atoms with Gasteiger partial charge in [0.15, 0.2) is 5.75 Å². The molecule has 3 rings (SSSR count). The molecule has 0 radical (unpaired) electrons. The lowest BCUT2D eigenvalue weighted by molar-refractivity contribution is 0.329. The van der Waals surface area contributed by atoms with Crippen molar-refractivity contribution in [3.8, 4) is 28.7 Å². The molecule has 8 nitrogen and oxygen atoms in total. The van der Waals surface area contributed by atoms with E-state index in [1.807, 2.05) is 0 Å². The van der Waals surface area contributed by atoms with Gasteiger partial charge in [-0.2, -0.15) is 12.7 Å². The van der Waals surface area contributed by atoms with Crippen molar-refractivity contribution in [1.82, 2.24) is 4.31 Å². The molecule has 182 valence electrons. The minimum atomic E-state index is -4.30. The summed E-state index contributed by atoms with van der Waals surface area (Å²) in [5, 5.41) is 0.176. The third-order valence-electron chi connectivity index (χ3n) is 5.03. The molecule has 0 atom stereocenters. The van der Waals surface area contributed by atoms with Gasteiger partial charge in [0, 0.05) is 36.3 Å². The van der Waals surface area contributed by atoms with Crippen LogP contribution in [0, 0.1) is 0 Å². The Morgan fingerprint density at radius 3 is 1.65 bits per heavy atom. The van der Waals surface area contributed by atoms with E-state index in [9.17, 15) is 8.42 Å². The number of halogens is 1. The average molecular weight is 508 g/mol. The molecule has 0 amide bonds. The fraction of sp³-hybridized carbons (Fsp3) is 0.250. The summed E-state index contributed by atoms with van der Waals surface area (Å²) in [7, 11) is 1.79. The zero-order chi connectivity index (χ0) is 24.7. The summed E-state index contributed by atoms with van der Waals surface area (Å²) in [6.07, 6.45) is 0.